The Balaban J connectivity index is 1.56. The summed E-state index contributed by atoms with van der Waals surface area (Å²) < 4.78 is 6.90. The summed E-state index contributed by atoms with van der Waals surface area (Å²) in [6, 6.07) is 21.8. The average Bonchev–Trinajstić information content (AvgIpc) is 3.45. The number of benzene rings is 3. The normalized spacial score (nSPS) is 15.7. The molecule has 0 bridgehead atoms. The van der Waals surface area contributed by atoms with Crippen molar-refractivity contribution in [3.63, 3.8) is 0 Å². The highest BCUT2D eigenvalue weighted by atomic mass is 32.1. The number of ether oxygens (including phenoxy) is 1. The Morgan fingerprint density at radius 2 is 1.90 bits per heavy atom. The van der Waals surface area contributed by atoms with E-state index in [-0.39, 0.29) is 5.57 Å². The molecule has 1 unspecified atom stereocenters. The number of fused-ring (bicyclic) bond motifs is 1. The van der Waals surface area contributed by atoms with Crippen LogP contribution in [-0.2, 0) is 9.59 Å². The Labute approximate surface area is 231 Å². The number of aliphatic hydroxyl groups excluding tert-OH is 1. The molecule has 2 heterocycles. The Bertz CT molecular complexity index is 1590. The molecule has 0 fully saturated rings. The average molecular weight is 539 g/mol. The molecule has 0 aliphatic carbocycles. The molecule has 7 heteroatoms. The van der Waals surface area contributed by atoms with Gasteiger partial charge in [0.05, 0.1) is 28.4 Å². The third-order valence-electron chi connectivity index (χ3n) is 6.58. The number of carbonyl (C=O) groups is 2. The molecular formula is C32H30N2O4S. The fraction of sp³-hybridized carbons (Fsp3) is 0.219. The summed E-state index contributed by atoms with van der Waals surface area (Å²) in [5.74, 6) is -0.527. The van der Waals surface area contributed by atoms with Crippen molar-refractivity contribution in [3.05, 3.63) is 107 Å². The highest BCUT2D eigenvalue weighted by molar-refractivity contribution is 7.22. The zero-order valence-corrected chi connectivity index (χ0v) is 22.9. The number of hydrogen-bond acceptors (Lipinski definition) is 6. The molecular weight excluding hydrogens is 508 g/mol. The van der Waals surface area contributed by atoms with Crippen LogP contribution in [-0.4, -0.2) is 28.4 Å². The van der Waals surface area contributed by atoms with E-state index in [9.17, 15) is 14.7 Å². The topological polar surface area (TPSA) is 79.7 Å². The minimum Gasteiger partial charge on any atom is -0.503 e. The molecule has 1 aliphatic rings. The number of amides is 1. The Hall–Kier alpha value is -4.23. The van der Waals surface area contributed by atoms with Crippen molar-refractivity contribution < 1.29 is 19.4 Å². The van der Waals surface area contributed by atoms with Crippen LogP contribution >= 0.6 is 11.3 Å². The first-order valence-corrected chi connectivity index (χ1v) is 13.8. The largest absolute Gasteiger partial charge is 0.503 e. The molecule has 5 rings (SSSR count). The van der Waals surface area contributed by atoms with Crippen LogP contribution in [0.4, 0.5) is 5.13 Å². The number of allylic oxidation sites excluding steroid dienone is 1. The third kappa shape index (κ3) is 5.64. The van der Waals surface area contributed by atoms with Crippen molar-refractivity contribution in [2.24, 2.45) is 5.92 Å². The predicted octanol–water partition coefficient (Wildman–Crippen LogP) is 7.21. The van der Waals surface area contributed by atoms with Crippen LogP contribution in [0.3, 0.4) is 0 Å². The summed E-state index contributed by atoms with van der Waals surface area (Å²) in [5.41, 5.74) is 3.34. The van der Waals surface area contributed by atoms with Gasteiger partial charge in [0.25, 0.3) is 5.91 Å². The first-order valence-electron chi connectivity index (χ1n) is 13.0. The molecule has 6 nitrogen and oxygen atoms in total. The Kier molecular flexibility index (Phi) is 7.61. The van der Waals surface area contributed by atoms with Crippen LogP contribution in [0.5, 0.6) is 5.75 Å². The van der Waals surface area contributed by atoms with Crippen LogP contribution in [0, 0.1) is 12.8 Å². The number of aliphatic hydroxyl groups is 1. The lowest BCUT2D eigenvalue weighted by Crippen LogP contribution is -2.30. The van der Waals surface area contributed by atoms with Crippen molar-refractivity contribution in [2.45, 2.75) is 33.2 Å². The van der Waals surface area contributed by atoms with Gasteiger partial charge in [0.1, 0.15) is 5.75 Å². The van der Waals surface area contributed by atoms with Gasteiger partial charge < -0.3 is 9.84 Å². The zero-order chi connectivity index (χ0) is 27.5. The van der Waals surface area contributed by atoms with Crippen LogP contribution < -0.4 is 9.64 Å². The van der Waals surface area contributed by atoms with Crippen LogP contribution in [0.15, 0.2) is 90.2 Å². The van der Waals surface area contributed by atoms with Gasteiger partial charge in [-0.15, -0.1) is 0 Å². The third-order valence-corrected chi connectivity index (χ3v) is 7.59. The molecule has 0 radical (unpaired) electrons. The van der Waals surface area contributed by atoms with E-state index in [4.69, 9.17) is 9.72 Å². The maximum atomic E-state index is 13.6. The molecule has 1 atom stereocenters. The highest BCUT2D eigenvalue weighted by Crippen LogP contribution is 2.44. The number of thiazole rings is 1. The molecule has 1 aromatic heterocycles. The smallest absolute Gasteiger partial charge is 0.296 e. The fourth-order valence-electron chi connectivity index (χ4n) is 4.51. The van der Waals surface area contributed by atoms with E-state index in [1.165, 1.54) is 22.3 Å². The first-order chi connectivity index (χ1) is 18.8. The minimum absolute atomic E-state index is 0.0157. The molecule has 1 aliphatic heterocycles. The van der Waals surface area contributed by atoms with Gasteiger partial charge in [-0.25, -0.2) is 4.98 Å². The second kappa shape index (κ2) is 11.3. The number of aryl methyl sites for hydroxylation is 1. The number of carbonyl (C=O) groups excluding carboxylic acids is 2. The molecule has 1 N–H and O–H groups in total. The number of anilines is 1. The van der Waals surface area contributed by atoms with Crippen LogP contribution in [0.2, 0.25) is 0 Å². The highest BCUT2D eigenvalue weighted by Gasteiger charge is 2.45. The lowest BCUT2D eigenvalue weighted by Gasteiger charge is -2.24. The van der Waals surface area contributed by atoms with E-state index in [1.54, 1.807) is 6.08 Å². The van der Waals surface area contributed by atoms with Crippen molar-refractivity contribution in [1.82, 2.24) is 4.98 Å². The molecule has 0 spiro atoms. The molecule has 4 aromatic rings. The molecule has 1 amide bonds. The fourth-order valence-corrected chi connectivity index (χ4v) is 5.60. The van der Waals surface area contributed by atoms with Crippen molar-refractivity contribution in [1.29, 1.82) is 0 Å². The second-order valence-corrected chi connectivity index (χ2v) is 11.0. The van der Waals surface area contributed by atoms with Crippen LogP contribution in [0.25, 0.3) is 16.3 Å². The van der Waals surface area contributed by atoms with Gasteiger partial charge in [0.2, 0.25) is 0 Å². The number of ketones is 1. The predicted molar refractivity (Wildman–Crippen MR) is 156 cm³/mol. The van der Waals surface area contributed by atoms with Crippen molar-refractivity contribution >= 4 is 44.5 Å². The second-order valence-electron chi connectivity index (χ2n) is 10.0. The van der Waals surface area contributed by atoms with Gasteiger partial charge in [0.15, 0.2) is 16.7 Å². The summed E-state index contributed by atoms with van der Waals surface area (Å²) in [7, 11) is 0. The van der Waals surface area contributed by atoms with E-state index >= 15 is 0 Å². The quantitative estimate of drug-likeness (QED) is 0.228. The van der Waals surface area contributed by atoms with E-state index in [0.717, 1.165) is 27.8 Å². The SMILES string of the molecule is Cc1ccc2nc(N3C(=O)C(O)=C(C(=O)/C=C/c4ccccc4)C3c3cccc(OCCC(C)C)c3)sc2c1. The van der Waals surface area contributed by atoms with Crippen LogP contribution in [0.1, 0.15) is 43.0 Å². The van der Waals surface area contributed by atoms with Gasteiger partial charge in [0, 0.05) is 0 Å². The summed E-state index contributed by atoms with van der Waals surface area (Å²) in [5, 5.41) is 11.5. The number of aromatic nitrogens is 1. The van der Waals surface area contributed by atoms with Gasteiger partial charge in [-0.1, -0.05) is 79.8 Å². The summed E-state index contributed by atoms with van der Waals surface area (Å²) in [6.45, 7) is 6.82. The number of hydrogen-bond donors (Lipinski definition) is 1. The standard InChI is InChI=1S/C32H30N2O4S/c1-20(2)16-17-38-24-11-7-10-23(19-24)29-28(26(35)15-13-22-8-5-4-6-9-22)30(36)31(37)34(29)32-33-25-14-12-21(3)18-27(25)39-32/h4-15,18-20,29,36H,16-17H2,1-3H3/b15-13+. The Morgan fingerprint density at radius 3 is 2.67 bits per heavy atom. The maximum absolute atomic E-state index is 13.6. The first kappa shape index (κ1) is 26.4. The molecule has 39 heavy (non-hydrogen) atoms. The summed E-state index contributed by atoms with van der Waals surface area (Å²) in [4.78, 5) is 33.2. The van der Waals surface area contributed by atoms with Crippen molar-refractivity contribution in [2.75, 3.05) is 11.5 Å². The Morgan fingerprint density at radius 1 is 1.10 bits per heavy atom. The molecule has 198 valence electrons. The van der Waals surface area contributed by atoms with Gasteiger partial charge in [-0.05, 0) is 66.3 Å². The minimum atomic E-state index is -0.860. The number of rotatable bonds is 9. The summed E-state index contributed by atoms with van der Waals surface area (Å²) in [6.07, 6.45) is 3.98. The summed E-state index contributed by atoms with van der Waals surface area (Å²) >= 11 is 1.35. The lowest BCUT2D eigenvalue weighted by molar-refractivity contribution is -0.117. The molecule has 0 saturated carbocycles. The molecule has 0 saturated heterocycles. The zero-order valence-electron chi connectivity index (χ0n) is 22.1. The van der Waals surface area contributed by atoms with E-state index in [2.05, 4.69) is 13.8 Å². The molecule has 3 aromatic carbocycles. The monoisotopic (exact) mass is 538 g/mol. The number of nitrogens with zero attached hydrogens (tertiary/aromatic N) is 2. The van der Waals surface area contributed by atoms with E-state index in [1.807, 2.05) is 79.7 Å². The maximum Gasteiger partial charge on any atom is 0.296 e. The van der Waals surface area contributed by atoms with Gasteiger partial charge in [-0.2, -0.15) is 0 Å². The van der Waals surface area contributed by atoms with Gasteiger partial charge in [-0.3, -0.25) is 14.5 Å². The van der Waals surface area contributed by atoms with Crippen molar-refractivity contribution in [3.8, 4) is 5.75 Å². The van der Waals surface area contributed by atoms with Gasteiger partial charge >= 0.3 is 0 Å². The van der Waals surface area contributed by atoms with E-state index in [0.29, 0.717) is 29.0 Å². The van der Waals surface area contributed by atoms with E-state index < -0.39 is 23.5 Å². The lowest BCUT2D eigenvalue weighted by atomic mass is 9.95.